The minimum absolute atomic E-state index is 0.144. The molecule has 224 valence electrons. The summed E-state index contributed by atoms with van der Waals surface area (Å²) in [6.07, 6.45) is 4.26. The Morgan fingerprint density at radius 2 is 1.33 bits per heavy atom. The Hall–Kier alpha value is -4.92. The summed E-state index contributed by atoms with van der Waals surface area (Å²) in [5.41, 5.74) is 8.05. The van der Waals surface area contributed by atoms with Crippen molar-refractivity contribution in [2.45, 2.75) is 25.4 Å². The van der Waals surface area contributed by atoms with Crippen molar-refractivity contribution in [2.24, 2.45) is 0 Å². The van der Waals surface area contributed by atoms with Gasteiger partial charge in [-0.3, -0.25) is 4.55 Å². The molecule has 0 saturated carbocycles. The van der Waals surface area contributed by atoms with Crippen molar-refractivity contribution in [3.05, 3.63) is 120 Å². The number of rotatable bonds is 8. The van der Waals surface area contributed by atoms with Crippen LogP contribution in [0.4, 0.5) is 0 Å². The number of aliphatic hydroxyl groups excluding tert-OH is 2. The van der Waals surface area contributed by atoms with E-state index in [9.17, 15) is 18.6 Å². The van der Waals surface area contributed by atoms with Gasteiger partial charge in [-0.05, 0) is 75.6 Å². The van der Waals surface area contributed by atoms with E-state index in [0.717, 1.165) is 33.9 Å². The molecule has 2 aliphatic rings. The average Bonchev–Trinajstić information content (AvgIpc) is 3.51. The fraction of sp³-hybridized carbons (Fsp3) is 0.171. The highest BCUT2D eigenvalue weighted by Crippen LogP contribution is 2.35. The Labute approximate surface area is 260 Å². The summed E-state index contributed by atoms with van der Waals surface area (Å²) in [5.74, 6) is 6.30. The summed E-state index contributed by atoms with van der Waals surface area (Å²) >= 11 is 0. The molecule has 5 heterocycles. The first kappa shape index (κ1) is 28.8. The highest BCUT2D eigenvalue weighted by molar-refractivity contribution is 7.85. The molecule has 2 aliphatic heterocycles. The maximum absolute atomic E-state index is 11.0. The molecule has 9 nitrogen and oxygen atoms in total. The summed E-state index contributed by atoms with van der Waals surface area (Å²) in [6, 6.07) is 29.6. The zero-order valence-corrected chi connectivity index (χ0v) is 25.0. The first-order valence-corrected chi connectivity index (χ1v) is 16.1. The Kier molecular flexibility index (Phi) is 7.19. The lowest BCUT2D eigenvalue weighted by Gasteiger charge is -2.07. The second-order valence-electron chi connectivity index (χ2n) is 11.0. The topological polar surface area (TPSA) is 116 Å². The lowest BCUT2D eigenvalue weighted by Crippen LogP contribution is -2.80. The smallest absolute Gasteiger partial charge is 0.494 e. The molecule has 0 aliphatic carbocycles. The van der Waals surface area contributed by atoms with Crippen molar-refractivity contribution in [3.63, 3.8) is 0 Å². The highest BCUT2D eigenvalue weighted by Gasteiger charge is 2.74. The van der Waals surface area contributed by atoms with Crippen LogP contribution in [0.2, 0.25) is 0 Å². The summed E-state index contributed by atoms with van der Waals surface area (Å²) in [7, 11) is -4.01. The number of benzene rings is 2. The van der Waals surface area contributed by atoms with Crippen LogP contribution in [0, 0.1) is 11.8 Å². The van der Waals surface area contributed by atoms with Gasteiger partial charge in [-0.1, -0.05) is 27.3 Å². The Bertz CT molecular complexity index is 2040. The van der Waals surface area contributed by atoms with Crippen LogP contribution in [-0.4, -0.2) is 35.5 Å². The second kappa shape index (κ2) is 11.2. The van der Waals surface area contributed by atoms with Gasteiger partial charge in [-0.25, -0.2) is 0 Å². The minimum atomic E-state index is -4.01. The lowest BCUT2D eigenvalue weighted by atomic mass is 10.0. The molecule has 5 aromatic rings. The van der Waals surface area contributed by atoms with Crippen LogP contribution in [0.3, 0.4) is 0 Å². The number of nitrogens with zero attached hydrogens (tertiary/aromatic N) is 3. The molecule has 45 heavy (non-hydrogen) atoms. The van der Waals surface area contributed by atoms with Crippen molar-refractivity contribution >= 4 is 10.1 Å². The van der Waals surface area contributed by atoms with Crippen LogP contribution < -0.4 is 18.4 Å². The second-order valence-corrected chi connectivity index (χ2v) is 12.6. The van der Waals surface area contributed by atoms with E-state index in [1.807, 2.05) is 73.1 Å². The van der Waals surface area contributed by atoms with Crippen molar-refractivity contribution in [1.29, 1.82) is 0 Å². The first-order valence-electron chi connectivity index (χ1n) is 14.5. The normalized spacial score (nSPS) is 13.4. The molecule has 0 atom stereocenters. The summed E-state index contributed by atoms with van der Waals surface area (Å²) < 4.78 is 43.2. The van der Waals surface area contributed by atoms with E-state index in [0.29, 0.717) is 22.4 Å². The van der Waals surface area contributed by atoms with Crippen LogP contribution in [-0.2, 0) is 29.1 Å². The molecular formula is C35H30N3O6S+3. The molecule has 0 bridgehead atoms. The third-order valence-electron chi connectivity index (χ3n) is 8.09. The van der Waals surface area contributed by atoms with E-state index in [1.165, 1.54) is 0 Å². The SMILES string of the molecule is O=S(=O)(O)CCCOc1ccc(-c2cc3[n+]4c(c2)-c2cccc[n+]2C4(C#Cc2cc(CO)cc(CO)c2)[n+]2ccccc2-3)cc1. The number of ether oxygens (including phenoxy) is 1. The molecule has 7 rings (SSSR count). The van der Waals surface area contributed by atoms with Gasteiger partial charge in [0.05, 0.1) is 25.6 Å². The molecule has 10 heteroatoms. The van der Waals surface area contributed by atoms with E-state index in [2.05, 4.69) is 49.8 Å². The molecule has 2 aromatic carbocycles. The maximum Gasteiger partial charge on any atom is 0.630 e. The summed E-state index contributed by atoms with van der Waals surface area (Å²) in [6.45, 7) is -0.113. The first-order chi connectivity index (χ1) is 21.8. The van der Waals surface area contributed by atoms with E-state index in [4.69, 9.17) is 9.29 Å². The van der Waals surface area contributed by atoms with Crippen LogP contribution in [0.15, 0.2) is 103 Å². The third-order valence-corrected chi connectivity index (χ3v) is 8.89. The molecule has 3 N–H and O–H groups in total. The molecule has 0 saturated heterocycles. The van der Waals surface area contributed by atoms with Crippen molar-refractivity contribution in [3.8, 4) is 51.5 Å². The van der Waals surface area contributed by atoms with Gasteiger partial charge < -0.3 is 14.9 Å². The van der Waals surface area contributed by atoms with E-state index in [1.54, 1.807) is 6.07 Å². The van der Waals surface area contributed by atoms with Crippen molar-refractivity contribution < 1.29 is 41.6 Å². The monoisotopic (exact) mass is 620 g/mol. The predicted octanol–water partition coefficient (Wildman–Crippen LogP) is 2.58. The van der Waals surface area contributed by atoms with Gasteiger partial charge in [0.1, 0.15) is 11.7 Å². The van der Waals surface area contributed by atoms with Gasteiger partial charge in [0, 0.05) is 42.0 Å². The quantitative estimate of drug-likeness (QED) is 0.106. The maximum atomic E-state index is 11.0. The molecule has 0 radical (unpaired) electrons. The van der Waals surface area contributed by atoms with Gasteiger partial charge in [-0.15, -0.1) is 0 Å². The van der Waals surface area contributed by atoms with Crippen molar-refractivity contribution in [1.82, 2.24) is 0 Å². The summed E-state index contributed by atoms with van der Waals surface area (Å²) in [4.78, 5) is 0. The number of hydrogen-bond donors (Lipinski definition) is 3. The number of hydrogen-bond acceptors (Lipinski definition) is 5. The number of pyridine rings is 3. The Balaban J connectivity index is 1.34. The molecule has 0 fully saturated rings. The largest absolute Gasteiger partial charge is 0.630 e. The van der Waals surface area contributed by atoms with Gasteiger partial charge in [-0.2, -0.15) is 8.42 Å². The molecule has 0 unspecified atom stereocenters. The molecular weight excluding hydrogens is 590 g/mol. The standard InChI is InChI=1S/C35H29N3O6S/c39-23-26-18-25(19-27(20-26)24-40)12-13-35-36-14-3-1-6-31(36)33-21-29(22-34(38(33)35)32-7-2-4-15-37(32)35)28-8-10-30(11-9-28)44-16-5-17-45(41,42)43/h1-4,6-11,14-15,18-22,39-40H,5,16-17,23-24H2/q+2/p+1. The Morgan fingerprint density at radius 1 is 0.733 bits per heavy atom. The lowest BCUT2D eigenvalue weighted by molar-refractivity contribution is -1.11. The molecule has 0 amide bonds. The van der Waals surface area contributed by atoms with Gasteiger partial charge in [0.15, 0.2) is 12.4 Å². The van der Waals surface area contributed by atoms with Gasteiger partial charge >= 0.3 is 5.79 Å². The minimum Gasteiger partial charge on any atom is -0.494 e. The molecule has 3 aromatic heterocycles. The van der Waals surface area contributed by atoms with E-state index in [-0.39, 0.29) is 32.0 Å². The van der Waals surface area contributed by atoms with Crippen LogP contribution >= 0.6 is 0 Å². The zero-order chi connectivity index (χ0) is 31.2. The van der Waals surface area contributed by atoms with Gasteiger partial charge in [0.2, 0.25) is 0 Å². The van der Waals surface area contributed by atoms with E-state index < -0.39 is 15.9 Å². The fourth-order valence-corrected chi connectivity index (χ4v) is 6.66. The van der Waals surface area contributed by atoms with Crippen LogP contribution in [0.1, 0.15) is 23.1 Å². The van der Waals surface area contributed by atoms with E-state index >= 15 is 0 Å². The third kappa shape index (κ3) is 5.06. The number of aliphatic hydroxyl groups is 2. The Morgan fingerprint density at radius 3 is 1.89 bits per heavy atom. The number of aromatic nitrogens is 3. The fourth-order valence-electron chi connectivity index (χ4n) is 6.18. The summed E-state index contributed by atoms with van der Waals surface area (Å²) in [5, 5.41) is 19.6. The molecule has 0 spiro atoms. The van der Waals surface area contributed by atoms with Crippen molar-refractivity contribution in [2.75, 3.05) is 12.4 Å². The average molecular weight is 621 g/mol. The van der Waals surface area contributed by atoms with Gasteiger partial charge in [0.25, 0.3) is 32.9 Å². The number of fused-ring (bicyclic) bond motifs is 6. The van der Waals surface area contributed by atoms with Crippen LogP contribution in [0.25, 0.3) is 33.9 Å². The predicted molar refractivity (Wildman–Crippen MR) is 164 cm³/mol. The van der Waals surface area contributed by atoms with Crippen LogP contribution in [0.5, 0.6) is 5.75 Å². The highest BCUT2D eigenvalue weighted by atomic mass is 32.2. The zero-order valence-electron chi connectivity index (χ0n) is 24.2.